The Hall–Kier alpha value is -1.81. The number of sulfonamides is 1. The highest BCUT2D eigenvalue weighted by atomic mass is 32.2. The molecule has 7 nitrogen and oxygen atoms in total. The molecular weight excluding hydrogens is 384 g/mol. The molecule has 1 aromatic carbocycles. The van der Waals surface area contributed by atoms with Gasteiger partial charge in [0.1, 0.15) is 15.6 Å². The molecule has 1 fully saturated rings. The maximum absolute atomic E-state index is 13.0. The van der Waals surface area contributed by atoms with Gasteiger partial charge in [-0.2, -0.15) is 4.31 Å². The van der Waals surface area contributed by atoms with Gasteiger partial charge in [-0.05, 0) is 32.9 Å². The number of piperazine rings is 1. The topological polar surface area (TPSA) is 79.5 Å². The highest BCUT2D eigenvalue weighted by Gasteiger charge is 2.34. The number of fused-ring (bicyclic) bond motifs is 1. The molecule has 2 aromatic heterocycles. The summed E-state index contributed by atoms with van der Waals surface area (Å²) >= 11 is 1.70. The number of hydrogen-bond donors (Lipinski definition) is 0. The lowest BCUT2D eigenvalue weighted by Crippen LogP contribution is -2.49. The summed E-state index contributed by atoms with van der Waals surface area (Å²) in [4.78, 5) is 7.24. The summed E-state index contributed by atoms with van der Waals surface area (Å²) in [5.74, 6) is 0.345. The molecule has 3 aromatic rings. The largest absolute Gasteiger partial charge is 0.360 e. The first kappa shape index (κ1) is 18.5. The zero-order chi connectivity index (χ0) is 19.2. The maximum Gasteiger partial charge on any atom is 0.248 e. The molecule has 1 unspecified atom stereocenters. The number of aryl methyl sites for hydroxylation is 2. The quantitative estimate of drug-likeness (QED) is 0.663. The molecule has 0 radical (unpaired) electrons. The Labute approximate surface area is 162 Å². The van der Waals surface area contributed by atoms with Gasteiger partial charge < -0.3 is 4.52 Å². The molecule has 0 aliphatic carbocycles. The number of thiazole rings is 1. The number of benzene rings is 1. The third-order valence-corrected chi connectivity index (χ3v) is 8.40. The highest BCUT2D eigenvalue weighted by Crippen LogP contribution is 2.31. The van der Waals surface area contributed by atoms with Crippen molar-refractivity contribution in [2.24, 2.45) is 0 Å². The molecule has 0 saturated carbocycles. The van der Waals surface area contributed by atoms with E-state index in [9.17, 15) is 8.42 Å². The molecule has 3 heterocycles. The number of para-hydroxylation sites is 1. The minimum absolute atomic E-state index is 0.159. The van der Waals surface area contributed by atoms with Crippen molar-refractivity contribution >= 4 is 31.6 Å². The van der Waals surface area contributed by atoms with Gasteiger partial charge >= 0.3 is 0 Å². The minimum Gasteiger partial charge on any atom is -0.360 e. The zero-order valence-electron chi connectivity index (χ0n) is 15.5. The van der Waals surface area contributed by atoms with E-state index >= 15 is 0 Å². The van der Waals surface area contributed by atoms with Crippen LogP contribution >= 0.6 is 11.3 Å². The summed E-state index contributed by atoms with van der Waals surface area (Å²) in [7, 11) is -3.58. The van der Waals surface area contributed by atoms with Crippen LogP contribution in [0, 0.1) is 13.8 Å². The van der Waals surface area contributed by atoms with Gasteiger partial charge in [-0.3, -0.25) is 4.90 Å². The van der Waals surface area contributed by atoms with E-state index in [1.807, 2.05) is 18.2 Å². The van der Waals surface area contributed by atoms with E-state index in [4.69, 9.17) is 9.51 Å². The van der Waals surface area contributed by atoms with Crippen LogP contribution in [0.3, 0.4) is 0 Å². The Kier molecular flexibility index (Phi) is 4.79. The molecule has 9 heteroatoms. The molecule has 1 aliphatic rings. The van der Waals surface area contributed by atoms with Crippen molar-refractivity contribution in [1.29, 1.82) is 0 Å². The first-order valence-electron chi connectivity index (χ1n) is 8.90. The van der Waals surface area contributed by atoms with E-state index in [0.29, 0.717) is 37.6 Å². The Morgan fingerprint density at radius 2 is 1.85 bits per heavy atom. The molecule has 4 rings (SSSR count). The fraction of sp³-hybridized carbons (Fsp3) is 0.444. The normalized spacial score (nSPS) is 18.2. The van der Waals surface area contributed by atoms with Crippen LogP contribution in [0.2, 0.25) is 0 Å². The fourth-order valence-electron chi connectivity index (χ4n) is 3.53. The Morgan fingerprint density at radius 1 is 1.15 bits per heavy atom. The van der Waals surface area contributed by atoms with Crippen LogP contribution in [0.5, 0.6) is 0 Å². The van der Waals surface area contributed by atoms with Gasteiger partial charge in [0.05, 0.1) is 16.3 Å². The van der Waals surface area contributed by atoms with Crippen molar-refractivity contribution in [3.63, 3.8) is 0 Å². The molecule has 0 N–H and O–H groups in total. The predicted molar refractivity (Wildman–Crippen MR) is 104 cm³/mol. The third-order valence-electron chi connectivity index (χ3n) is 5.05. The second-order valence-corrected chi connectivity index (χ2v) is 9.73. The second-order valence-electron chi connectivity index (χ2n) is 6.79. The lowest BCUT2D eigenvalue weighted by Gasteiger charge is -2.36. The van der Waals surface area contributed by atoms with E-state index < -0.39 is 10.0 Å². The highest BCUT2D eigenvalue weighted by molar-refractivity contribution is 7.89. The number of hydrogen-bond acceptors (Lipinski definition) is 7. The van der Waals surface area contributed by atoms with E-state index in [1.54, 1.807) is 25.2 Å². The molecule has 27 heavy (non-hydrogen) atoms. The standard InChI is InChI=1S/C18H22N4O3S2/c1-12-17(14(3)25-20-12)27(23,24)22-10-8-21(9-11-22)13(2)18-19-15-6-4-5-7-16(15)26-18/h4-7,13H,8-11H2,1-3H3. The number of nitrogens with zero attached hydrogens (tertiary/aromatic N) is 4. The lowest BCUT2D eigenvalue weighted by atomic mass is 10.2. The van der Waals surface area contributed by atoms with Crippen molar-refractivity contribution in [2.75, 3.05) is 26.2 Å². The number of rotatable bonds is 4. The van der Waals surface area contributed by atoms with Crippen LogP contribution in [0.15, 0.2) is 33.7 Å². The van der Waals surface area contributed by atoms with Gasteiger partial charge in [-0.1, -0.05) is 17.3 Å². The molecule has 1 atom stereocenters. The minimum atomic E-state index is -3.58. The molecule has 0 spiro atoms. The summed E-state index contributed by atoms with van der Waals surface area (Å²) in [6.07, 6.45) is 0. The molecule has 144 valence electrons. The van der Waals surface area contributed by atoms with Gasteiger partial charge in [-0.15, -0.1) is 11.3 Å². The SMILES string of the molecule is Cc1noc(C)c1S(=O)(=O)N1CCN(C(C)c2nc3ccccc3s2)CC1. The monoisotopic (exact) mass is 406 g/mol. The molecule has 1 saturated heterocycles. The maximum atomic E-state index is 13.0. The molecule has 0 amide bonds. The summed E-state index contributed by atoms with van der Waals surface area (Å²) < 4.78 is 33.7. The fourth-order valence-corrected chi connectivity index (χ4v) is 6.30. The summed E-state index contributed by atoms with van der Waals surface area (Å²) in [5.41, 5.74) is 1.43. The van der Waals surface area contributed by atoms with Crippen LogP contribution in [0.25, 0.3) is 10.2 Å². The Morgan fingerprint density at radius 3 is 2.48 bits per heavy atom. The van der Waals surface area contributed by atoms with Gasteiger partial charge in [0.25, 0.3) is 0 Å². The molecule has 0 bridgehead atoms. The van der Waals surface area contributed by atoms with Crippen LogP contribution in [0.4, 0.5) is 0 Å². The van der Waals surface area contributed by atoms with Crippen molar-refractivity contribution in [2.45, 2.75) is 31.7 Å². The second kappa shape index (κ2) is 6.97. The van der Waals surface area contributed by atoms with Crippen LogP contribution in [0.1, 0.15) is 29.4 Å². The van der Waals surface area contributed by atoms with E-state index in [1.165, 1.54) is 9.01 Å². The van der Waals surface area contributed by atoms with Gasteiger partial charge in [0.15, 0.2) is 5.76 Å². The summed E-state index contributed by atoms with van der Waals surface area (Å²) in [6, 6.07) is 8.28. The van der Waals surface area contributed by atoms with E-state index in [-0.39, 0.29) is 10.9 Å². The first-order valence-corrected chi connectivity index (χ1v) is 11.2. The van der Waals surface area contributed by atoms with Crippen molar-refractivity contribution in [3.05, 3.63) is 40.7 Å². The average molecular weight is 407 g/mol. The molecule has 1 aliphatic heterocycles. The third kappa shape index (κ3) is 3.29. The van der Waals surface area contributed by atoms with E-state index in [2.05, 4.69) is 23.0 Å². The van der Waals surface area contributed by atoms with Gasteiger partial charge in [0.2, 0.25) is 10.0 Å². The van der Waals surface area contributed by atoms with Crippen LogP contribution < -0.4 is 0 Å². The van der Waals surface area contributed by atoms with Gasteiger partial charge in [0, 0.05) is 26.2 Å². The first-order chi connectivity index (χ1) is 12.9. The average Bonchev–Trinajstić information content (AvgIpc) is 3.24. The summed E-state index contributed by atoms with van der Waals surface area (Å²) in [6.45, 7) is 7.66. The van der Waals surface area contributed by atoms with Crippen LogP contribution in [-0.2, 0) is 10.0 Å². The Bertz CT molecular complexity index is 1010. The molecular formula is C18H22N4O3S2. The number of aromatic nitrogens is 2. The van der Waals surface area contributed by atoms with Gasteiger partial charge in [-0.25, -0.2) is 13.4 Å². The Balaban J connectivity index is 1.48. The summed E-state index contributed by atoms with van der Waals surface area (Å²) in [5, 5.41) is 4.85. The predicted octanol–water partition coefficient (Wildman–Crippen LogP) is 2.97. The van der Waals surface area contributed by atoms with Crippen molar-refractivity contribution in [1.82, 2.24) is 19.3 Å². The van der Waals surface area contributed by atoms with E-state index in [0.717, 1.165) is 10.5 Å². The van der Waals surface area contributed by atoms with Crippen LogP contribution in [-0.4, -0.2) is 53.9 Å². The van der Waals surface area contributed by atoms with Crippen molar-refractivity contribution in [3.8, 4) is 0 Å². The van der Waals surface area contributed by atoms with Crippen molar-refractivity contribution < 1.29 is 12.9 Å². The zero-order valence-corrected chi connectivity index (χ0v) is 17.2. The lowest BCUT2D eigenvalue weighted by molar-refractivity contribution is 0.145. The smallest absolute Gasteiger partial charge is 0.248 e.